The molecule has 0 amide bonds. The molecule has 0 saturated heterocycles. The van der Waals surface area contributed by atoms with Crippen molar-refractivity contribution in [3.05, 3.63) is 85.0 Å². The molecular formula is C20H16N4O. The molecule has 0 aliphatic rings. The highest BCUT2D eigenvalue weighted by atomic mass is 16.3. The number of nitrogens with one attached hydrogen (secondary N) is 1. The summed E-state index contributed by atoms with van der Waals surface area (Å²) in [6, 6.07) is 21.4. The molecule has 3 heterocycles. The van der Waals surface area contributed by atoms with Crippen molar-refractivity contribution in [2.45, 2.75) is 6.54 Å². The Morgan fingerprint density at radius 1 is 0.840 bits per heavy atom. The molecule has 0 spiro atoms. The minimum atomic E-state index is 0.555. The van der Waals surface area contributed by atoms with Gasteiger partial charge in [0, 0.05) is 17.8 Å². The number of pyridine rings is 1. The summed E-state index contributed by atoms with van der Waals surface area (Å²) in [6.07, 6.45) is 3.42. The first-order valence-corrected chi connectivity index (χ1v) is 8.01. The van der Waals surface area contributed by atoms with Gasteiger partial charge in [0.15, 0.2) is 5.82 Å². The number of anilines is 1. The Morgan fingerprint density at radius 3 is 2.48 bits per heavy atom. The SMILES string of the molecule is c1ccc(-c2nc(NCc3ccco3)cc(-c3ccccn3)n2)cc1. The van der Waals surface area contributed by atoms with Crippen LogP contribution in [0.2, 0.25) is 0 Å². The van der Waals surface area contributed by atoms with Gasteiger partial charge < -0.3 is 9.73 Å². The van der Waals surface area contributed by atoms with E-state index in [1.807, 2.05) is 66.7 Å². The molecule has 4 aromatic rings. The number of hydrogen-bond acceptors (Lipinski definition) is 5. The fraction of sp³-hybridized carbons (Fsp3) is 0.0500. The third-order valence-corrected chi connectivity index (χ3v) is 3.71. The van der Waals surface area contributed by atoms with Gasteiger partial charge in [-0.3, -0.25) is 4.98 Å². The van der Waals surface area contributed by atoms with Gasteiger partial charge in [-0.25, -0.2) is 9.97 Å². The van der Waals surface area contributed by atoms with Crippen LogP contribution in [0.25, 0.3) is 22.8 Å². The van der Waals surface area contributed by atoms with Crippen LogP contribution in [0.3, 0.4) is 0 Å². The molecule has 0 atom stereocenters. The van der Waals surface area contributed by atoms with Crippen molar-refractivity contribution in [2.75, 3.05) is 5.32 Å². The smallest absolute Gasteiger partial charge is 0.162 e. The molecule has 0 bridgehead atoms. The summed E-state index contributed by atoms with van der Waals surface area (Å²) in [6.45, 7) is 0.555. The van der Waals surface area contributed by atoms with E-state index in [0.717, 1.165) is 28.5 Å². The second-order valence-corrected chi connectivity index (χ2v) is 5.48. The Hall–Kier alpha value is -3.47. The number of furan rings is 1. The van der Waals surface area contributed by atoms with E-state index in [9.17, 15) is 0 Å². The van der Waals surface area contributed by atoms with Gasteiger partial charge in [0.1, 0.15) is 11.6 Å². The summed E-state index contributed by atoms with van der Waals surface area (Å²) in [7, 11) is 0. The maximum Gasteiger partial charge on any atom is 0.162 e. The van der Waals surface area contributed by atoms with E-state index in [-0.39, 0.29) is 0 Å². The van der Waals surface area contributed by atoms with Gasteiger partial charge in [-0.1, -0.05) is 36.4 Å². The summed E-state index contributed by atoms with van der Waals surface area (Å²) < 4.78 is 5.37. The van der Waals surface area contributed by atoms with E-state index >= 15 is 0 Å². The van der Waals surface area contributed by atoms with Crippen LogP contribution in [0.15, 0.2) is 83.6 Å². The average molecular weight is 328 g/mol. The van der Waals surface area contributed by atoms with Crippen molar-refractivity contribution >= 4 is 5.82 Å². The predicted octanol–water partition coefficient (Wildman–Crippen LogP) is 4.41. The van der Waals surface area contributed by atoms with Crippen LogP contribution in [-0.2, 0) is 6.54 Å². The Balaban J connectivity index is 1.72. The fourth-order valence-corrected chi connectivity index (χ4v) is 2.49. The summed E-state index contributed by atoms with van der Waals surface area (Å²) in [4.78, 5) is 13.7. The van der Waals surface area contributed by atoms with E-state index in [0.29, 0.717) is 12.4 Å². The zero-order valence-corrected chi connectivity index (χ0v) is 13.5. The van der Waals surface area contributed by atoms with Crippen molar-refractivity contribution in [3.8, 4) is 22.8 Å². The van der Waals surface area contributed by atoms with Gasteiger partial charge >= 0.3 is 0 Å². The lowest BCUT2D eigenvalue weighted by Gasteiger charge is -2.09. The quantitative estimate of drug-likeness (QED) is 0.588. The van der Waals surface area contributed by atoms with Crippen LogP contribution in [0.5, 0.6) is 0 Å². The lowest BCUT2D eigenvalue weighted by atomic mass is 10.2. The Kier molecular flexibility index (Phi) is 4.20. The number of rotatable bonds is 5. The molecule has 3 aromatic heterocycles. The number of benzene rings is 1. The normalized spacial score (nSPS) is 10.6. The molecular weight excluding hydrogens is 312 g/mol. The van der Waals surface area contributed by atoms with Gasteiger partial charge in [-0.05, 0) is 24.3 Å². The number of hydrogen-bond donors (Lipinski definition) is 1. The van der Waals surface area contributed by atoms with Gasteiger partial charge in [0.2, 0.25) is 0 Å². The molecule has 122 valence electrons. The monoisotopic (exact) mass is 328 g/mol. The highest BCUT2D eigenvalue weighted by Gasteiger charge is 2.09. The van der Waals surface area contributed by atoms with Crippen molar-refractivity contribution < 1.29 is 4.42 Å². The molecule has 0 aliphatic carbocycles. The standard InChI is InChI=1S/C20H16N4O/c1-2-7-15(8-3-1)20-23-18(17-10-4-5-11-21-17)13-19(24-20)22-14-16-9-6-12-25-16/h1-13H,14H2,(H,22,23,24). The van der Waals surface area contributed by atoms with Crippen molar-refractivity contribution in [3.63, 3.8) is 0 Å². The molecule has 1 N–H and O–H groups in total. The van der Waals surface area contributed by atoms with Crippen molar-refractivity contribution in [1.29, 1.82) is 0 Å². The molecule has 25 heavy (non-hydrogen) atoms. The van der Waals surface area contributed by atoms with E-state index in [2.05, 4.69) is 20.3 Å². The first kappa shape index (κ1) is 15.1. The summed E-state index contributed by atoms with van der Waals surface area (Å²) in [5.74, 6) is 2.23. The van der Waals surface area contributed by atoms with Gasteiger partial charge in [-0.2, -0.15) is 0 Å². The van der Waals surface area contributed by atoms with E-state index in [1.54, 1.807) is 12.5 Å². The topological polar surface area (TPSA) is 63.8 Å². The molecule has 5 nitrogen and oxygen atoms in total. The lowest BCUT2D eigenvalue weighted by molar-refractivity contribution is 0.518. The zero-order chi connectivity index (χ0) is 16.9. The van der Waals surface area contributed by atoms with Crippen LogP contribution in [0.1, 0.15) is 5.76 Å². The lowest BCUT2D eigenvalue weighted by Crippen LogP contribution is -2.03. The Labute approximate surface area is 145 Å². The summed E-state index contributed by atoms with van der Waals surface area (Å²) >= 11 is 0. The number of aromatic nitrogens is 3. The van der Waals surface area contributed by atoms with E-state index in [1.165, 1.54) is 0 Å². The van der Waals surface area contributed by atoms with E-state index < -0.39 is 0 Å². The van der Waals surface area contributed by atoms with Crippen LogP contribution in [0.4, 0.5) is 5.82 Å². The maximum absolute atomic E-state index is 5.37. The minimum absolute atomic E-state index is 0.555. The molecule has 0 aliphatic heterocycles. The molecule has 0 radical (unpaired) electrons. The molecule has 5 heteroatoms. The number of nitrogens with zero attached hydrogens (tertiary/aromatic N) is 3. The first-order chi connectivity index (χ1) is 12.4. The van der Waals surface area contributed by atoms with Gasteiger partial charge in [-0.15, -0.1) is 0 Å². The highest BCUT2D eigenvalue weighted by molar-refractivity contribution is 5.65. The van der Waals surface area contributed by atoms with Crippen LogP contribution in [0, 0.1) is 0 Å². The molecule has 0 fully saturated rings. The second kappa shape index (κ2) is 6.97. The Morgan fingerprint density at radius 2 is 1.72 bits per heavy atom. The largest absolute Gasteiger partial charge is 0.467 e. The molecule has 4 rings (SSSR count). The minimum Gasteiger partial charge on any atom is -0.467 e. The maximum atomic E-state index is 5.37. The summed E-state index contributed by atoms with van der Waals surface area (Å²) in [5.41, 5.74) is 2.54. The van der Waals surface area contributed by atoms with Crippen molar-refractivity contribution in [2.24, 2.45) is 0 Å². The highest BCUT2D eigenvalue weighted by Crippen LogP contribution is 2.23. The predicted molar refractivity (Wildman–Crippen MR) is 96.7 cm³/mol. The van der Waals surface area contributed by atoms with Crippen LogP contribution >= 0.6 is 0 Å². The van der Waals surface area contributed by atoms with Crippen LogP contribution in [-0.4, -0.2) is 15.0 Å². The molecule has 0 unspecified atom stereocenters. The Bertz CT molecular complexity index is 880. The molecule has 1 aromatic carbocycles. The summed E-state index contributed by atoms with van der Waals surface area (Å²) in [5, 5.41) is 3.29. The zero-order valence-electron chi connectivity index (χ0n) is 13.5. The van der Waals surface area contributed by atoms with Crippen LogP contribution < -0.4 is 5.32 Å². The van der Waals surface area contributed by atoms with Gasteiger partial charge in [0.25, 0.3) is 0 Å². The molecule has 0 saturated carbocycles. The second-order valence-electron chi connectivity index (χ2n) is 5.48. The van der Waals surface area contributed by atoms with Gasteiger partial charge in [0.05, 0.1) is 24.2 Å². The average Bonchev–Trinajstić information content (AvgIpc) is 3.21. The third kappa shape index (κ3) is 3.55. The fourth-order valence-electron chi connectivity index (χ4n) is 2.49. The van der Waals surface area contributed by atoms with E-state index in [4.69, 9.17) is 4.42 Å². The third-order valence-electron chi connectivity index (χ3n) is 3.71. The van der Waals surface area contributed by atoms with Crippen molar-refractivity contribution in [1.82, 2.24) is 15.0 Å². The first-order valence-electron chi connectivity index (χ1n) is 8.01.